The van der Waals surface area contributed by atoms with Gasteiger partial charge in [-0.2, -0.15) is 5.10 Å². The first-order valence-electron chi connectivity index (χ1n) is 5.84. The lowest BCUT2D eigenvalue weighted by molar-refractivity contribution is 0.417. The second-order valence-corrected chi connectivity index (χ2v) is 4.29. The molecule has 1 aromatic heterocycles. The summed E-state index contributed by atoms with van der Waals surface area (Å²) < 4.78 is 2.15. The molecule has 0 spiro atoms. The number of hydrogen-bond acceptors (Lipinski definition) is 2. The van der Waals surface area contributed by atoms with E-state index in [4.69, 9.17) is 5.73 Å². The Hall–Kier alpha value is -0.830. The zero-order chi connectivity index (χ0) is 11.6. The van der Waals surface area contributed by atoms with Crippen molar-refractivity contribution in [3.63, 3.8) is 0 Å². The minimum absolute atomic E-state index is 0.0770. The first-order valence-corrected chi connectivity index (χ1v) is 5.84. The molecular weight excluding hydrogens is 186 g/mol. The van der Waals surface area contributed by atoms with E-state index in [1.807, 2.05) is 13.8 Å². The summed E-state index contributed by atoms with van der Waals surface area (Å²) in [6, 6.07) is 0.587. The summed E-state index contributed by atoms with van der Waals surface area (Å²) in [4.78, 5) is 0. The fourth-order valence-electron chi connectivity index (χ4n) is 2.32. The van der Waals surface area contributed by atoms with Crippen molar-refractivity contribution in [3.8, 4) is 0 Å². The van der Waals surface area contributed by atoms with E-state index in [1.165, 1.54) is 11.3 Å². The van der Waals surface area contributed by atoms with Crippen LogP contribution in [-0.2, 0) is 0 Å². The van der Waals surface area contributed by atoms with Gasteiger partial charge in [0.15, 0.2) is 0 Å². The molecule has 1 rings (SSSR count). The van der Waals surface area contributed by atoms with Gasteiger partial charge in [0.2, 0.25) is 0 Å². The molecule has 0 saturated carbocycles. The highest BCUT2D eigenvalue weighted by atomic mass is 15.3. The van der Waals surface area contributed by atoms with E-state index in [-0.39, 0.29) is 6.04 Å². The molecule has 3 nitrogen and oxygen atoms in total. The number of nitrogens with two attached hydrogens (primary N) is 1. The second-order valence-electron chi connectivity index (χ2n) is 4.29. The van der Waals surface area contributed by atoms with Gasteiger partial charge in [0.25, 0.3) is 0 Å². The third-order valence-electron chi connectivity index (χ3n) is 3.12. The van der Waals surface area contributed by atoms with Crippen LogP contribution in [0.25, 0.3) is 0 Å². The number of nitrogens with zero attached hydrogens (tertiary/aromatic N) is 2. The van der Waals surface area contributed by atoms with Crippen LogP contribution in [0, 0.1) is 13.8 Å². The Kier molecular flexibility index (Phi) is 3.91. The molecule has 0 aliphatic carbocycles. The predicted molar refractivity (Wildman–Crippen MR) is 63.9 cm³/mol. The molecule has 1 unspecified atom stereocenters. The van der Waals surface area contributed by atoms with E-state index in [9.17, 15) is 0 Å². The molecule has 1 heterocycles. The first kappa shape index (κ1) is 12.2. The predicted octanol–water partition coefficient (Wildman–Crippen LogP) is 2.88. The summed E-state index contributed by atoms with van der Waals surface area (Å²) in [7, 11) is 0. The Morgan fingerprint density at radius 1 is 1.27 bits per heavy atom. The Labute approximate surface area is 92.7 Å². The fourth-order valence-corrected chi connectivity index (χ4v) is 2.32. The maximum Gasteiger partial charge on any atom is 0.0644 e. The van der Waals surface area contributed by atoms with E-state index in [2.05, 4.69) is 30.6 Å². The van der Waals surface area contributed by atoms with Crippen molar-refractivity contribution < 1.29 is 0 Å². The fraction of sp³-hybridized carbons (Fsp3) is 0.750. The van der Waals surface area contributed by atoms with Gasteiger partial charge in [0.05, 0.1) is 11.7 Å². The standard InChI is InChI=1S/C12H23N3/c1-6-11(7-2)15-10(5)12(8(3)13)9(4)14-15/h8,11H,6-7,13H2,1-5H3. The topological polar surface area (TPSA) is 43.8 Å². The van der Waals surface area contributed by atoms with Gasteiger partial charge in [0, 0.05) is 17.3 Å². The summed E-state index contributed by atoms with van der Waals surface area (Å²) in [6.07, 6.45) is 2.24. The third kappa shape index (κ3) is 2.23. The molecule has 3 heteroatoms. The van der Waals surface area contributed by atoms with Gasteiger partial charge in [-0.15, -0.1) is 0 Å². The molecule has 0 bridgehead atoms. The number of rotatable bonds is 4. The highest BCUT2D eigenvalue weighted by Gasteiger charge is 2.18. The summed E-state index contributed by atoms with van der Waals surface area (Å²) in [5.74, 6) is 0. The van der Waals surface area contributed by atoms with Gasteiger partial charge < -0.3 is 5.73 Å². The van der Waals surface area contributed by atoms with Crippen molar-refractivity contribution in [3.05, 3.63) is 17.0 Å². The maximum atomic E-state index is 5.96. The van der Waals surface area contributed by atoms with E-state index < -0.39 is 0 Å². The van der Waals surface area contributed by atoms with Crippen LogP contribution >= 0.6 is 0 Å². The van der Waals surface area contributed by atoms with Crippen molar-refractivity contribution in [2.75, 3.05) is 0 Å². The van der Waals surface area contributed by atoms with Gasteiger partial charge in [-0.1, -0.05) is 13.8 Å². The lowest BCUT2D eigenvalue weighted by Gasteiger charge is -2.16. The molecule has 0 amide bonds. The second kappa shape index (κ2) is 4.79. The Morgan fingerprint density at radius 2 is 1.80 bits per heavy atom. The molecule has 0 saturated heterocycles. The quantitative estimate of drug-likeness (QED) is 0.828. The van der Waals surface area contributed by atoms with Crippen molar-refractivity contribution in [2.45, 2.75) is 59.5 Å². The van der Waals surface area contributed by atoms with Crippen LogP contribution in [-0.4, -0.2) is 9.78 Å². The number of hydrogen-bond donors (Lipinski definition) is 1. The monoisotopic (exact) mass is 209 g/mol. The van der Waals surface area contributed by atoms with Crippen LogP contribution in [0.3, 0.4) is 0 Å². The van der Waals surface area contributed by atoms with Crippen molar-refractivity contribution in [1.29, 1.82) is 0 Å². The molecular formula is C12H23N3. The molecule has 86 valence electrons. The average molecular weight is 209 g/mol. The Bertz CT molecular complexity index is 322. The van der Waals surface area contributed by atoms with Crippen molar-refractivity contribution >= 4 is 0 Å². The SMILES string of the molecule is CCC(CC)n1nc(C)c(C(C)N)c1C. The zero-order valence-corrected chi connectivity index (χ0v) is 10.5. The summed E-state index contributed by atoms with van der Waals surface area (Å²) >= 11 is 0. The van der Waals surface area contributed by atoms with Crippen LogP contribution in [0.15, 0.2) is 0 Å². The van der Waals surface area contributed by atoms with E-state index in [1.54, 1.807) is 0 Å². The molecule has 2 N–H and O–H groups in total. The van der Waals surface area contributed by atoms with Crippen LogP contribution in [0.2, 0.25) is 0 Å². The van der Waals surface area contributed by atoms with Crippen LogP contribution in [0.4, 0.5) is 0 Å². The van der Waals surface area contributed by atoms with Crippen LogP contribution in [0.5, 0.6) is 0 Å². The molecule has 0 radical (unpaired) electrons. The van der Waals surface area contributed by atoms with Gasteiger partial charge >= 0.3 is 0 Å². The highest BCUT2D eigenvalue weighted by Crippen LogP contribution is 2.24. The lowest BCUT2D eigenvalue weighted by atomic mass is 10.1. The van der Waals surface area contributed by atoms with Gasteiger partial charge in [-0.25, -0.2) is 0 Å². The number of aromatic nitrogens is 2. The molecule has 0 fully saturated rings. The maximum absolute atomic E-state index is 5.96. The van der Waals surface area contributed by atoms with Crippen molar-refractivity contribution in [2.24, 2.45) is 5.73 Å². The zero-order valence-electron chi connectivity index (χ0n) is 10.5. The molecule has 0 aliphatic rings. The Balaban J connectivity index is 3.16. The van der Waals surface area contributed by atoms with Gasteiger partial charge in [-0.05, 0) is 33.6 Å². The van der Waals surface area contributed by atoms with Crippen LogP contribution in [0.1, 0.15) is 62.6 Å². The Morgan fingerprint density at radius 3 is 2.13 bits per heavy atom. The molecule has 1 aromatic rings. The first-order chi connectivity index (χ1) is 7.02. The number of aryl methyl sites for hydroxylation is 1. The van der Waals surface area contributed by atoms with E-state index >= 15 is 0 Å². The van der Waals surface area contributed by atoms with E-state index in [0.29, 0.717) is 6.04 Å². The smallest absolute Gasteiger partial charge is 0.0644 e. The van der Waals surface area contributed by atoms with Gasteiger partial charge in [-0.3, -0.25) is 4.68 Å². The average Bonchev–Trinajstić information content (AvgIpc) is 2.44. The minimum Gasteiger partial charge on any atom is -0.324 e. The normalized spacial score (nSPS) is 13.5. The molecule has 15 heavy (non-hydrogen) atoms. The van der Waals surface area contributed by atoms with Gasteiger partial charge in [0.1, 0.15) is 0 Å². The van der Waals surface area contributed by atoms with E-state index in [0.717, 1.165) is 18.5 Å². The summed E-state index contributed by atoms with van der Waals surface area (Å²) in [6.45, 7) is 10.6. The minimum atomic E-state index is 0.0770. The summed E-state index contributed by atoms with van der Waals surface area (Å²) in [5.41, 5.74) is 9.48. The summed E-state index contributed by atoms with van der Waals surface area (Å²) in [5, 5.41) is 4.61. The van der Waals surface area contributed by atoms with Crippen LogP contribution < -0.4 is 5.73 Å². The molecule has 0 aliphatic heterocycles. The molecule has 1 atom stereocenters. The van der Waals surface area contributed by atoms with Crippen molar-refractivity contribution in [1.82, 2.24) is 9.78 Å². The largest absolute Gasteiger partial charge is 0.324 e. The third-order valence-corrected chi connectivity index (χ3v) is 3.12. The highest BCUT2D eigenvalue weighted by molar-refractivity contribution is 5.27. The lowest BCUT2D eigenvalue weighted by Crippen LogP contribution is -2.12. The molecule has 0 aromatic carbocycles.